The van der Waals surface area contributed by atoms with Gasteiger partial charge in [-0.15, -0.1) is 0 Å². The van der Waals surface area contributed by atoms with Gasteiger partial charge in [0.15, 0.2) is 0 Å². The van der Waals surface area contributed by atoms with Crippen molar-refractivity contribution in [1.29, 1.82) is 0 Å². The van der Waals surface area contributed by atoms with E-state index in [1.54, 1.807) is 0 Å². The lowest BCUT2D eigenvalue weighted by Crippen LogP contribution is -2.39. The van der Waals surface area contributed by atoms with E-state index in [9.17, 15) is 5.11 Å². The molecule has 1 fully saturated rings. The summed E-state index contributed by atoms with van der Waals surface area (Å²) in [4.78, 5) is 4.40. The molecule has 1 aromatic heterocycles. The molecule has 1 aliphatic rings. The van der Waals surface area contributed by atoms with Gasteiger partial charge in [0.05, 0.1) is 11.1 Å². The summed E-state index contributed by atoms with van der Waals surface area (Å²) in [7, 11) is 0. The maximum atomic E-state index is 11.1. The zero-order valence-corrected chi connectivity index (χ0v) is 11.6. The van der Waals surface area contributed by atoms with Crippen LogP contribution in [-0.4, -0.2) is 10.1 Å². The van der Waals surface area contributed by atoms with Gasteiger partial charge in [-0.1, -0.05) is 38.5 Å². The molecule has 1 heterocycles. The van der Waals surface area contributed by atoms with Crippen molar-refractivity contribution in [1.82, 2.24) is 4.98 Å². The molecule has 0 radical (unpaired) electrons. The lowest BCUT2D eigenvalue weighted by Gasteiger charge is -2.41. The van der Waals surface area contributed by atoms with Crippen LogP contribution in [0.4, 0.5) is 0 Å². The Morgan fingerprint density at radius 2 is 2.05 bits per heavy atom. The molecule has 0 bridgehead atoms. The minimum atomic E-state index is -0.691. The monoisotopic (exact) mass is 255 g/mol. The molecule has 3 atom stereocenters. The van der Waals surface area contributed by atoms with Crippen molar-refractivity contribution in [3.8, 4) is 0 Å². The molecule has 1 aliphatic carbocycles. The van der Waals surface area contributed by atoms with Gasteiger partial charge in [0, 0.05) is 11.6 Å². The maximum Gasteiger partial charge on any atom is 0.0925 e. The van der Waals surface area contributed by atoms with Crippen LogP contribution in [0.3, 0.4) is 0 Å². The first kappa shape index (κ1) is 12.6. The van der Waals surface area contributed by atoms with E-state index in [2.05, 4.69) is 43.1 Å². The molecule has 19 heavy (non-hydrogen) atoms. The summed E-state index contributed by atoms with van der Waals surface area (Å²) in [5.41, 5.74) is 1.31. The van der Waals surface area contributed by atoms with Crippen LogP contribution >= 0.6 is 0 Å². The average molecular weight is 255 g/mol. The zero-order chi connectivity index (χ0) is 13.5. The van der Waals surface area contributed by atoms with Crippen molar-refractivity contribution < 1.29 is 5.11 Å². The Bertz CT molecular complexity index is 595. The molecule has 3 rings (SSSR count). The average Bonchev–Trinajstić information content (AvgIpc) is 2.43. The van der Waals surface area contributed by atoms with Crippen LogP contribution in [0.15, 0.2) is 36.5 Å². The van der Waals surface area contributed by atoms with Gasteiger partial charge >= 0.3 is 0 Å². The molecule has 1 saturated carbocycles. The largest absolute Gasteiger partial charge is 0.385 e. The van der Waals surface area contributed by atoms with Crippen LogP contribution in [0.2, 0.25) is 0 Å². The smallest absolute Gasteiger partial charge is 0.0925 e. The Morgan fingerprint density at radius 3 is 2.89 bits per heavy atom. The second kappa shape index (κ2) is 4.61. The first-order chi connectivity index (χ1) is 9.09. The molecular formula is C17H21NO. The number of hydrogen-bond donors (Lipinski definition) is 1. The number of benzene rings is 1. The van der Waals surface area contributed by atoms with Crippen molar-refractivity contribution in [2.75, 3.05) is 0 Å². The van der Waals surface area contributed by atoms with Crippen LogP contribution < -0.4 is 0 Å². The Balaban J connectivity index is 2.06. The highest BCUT2D eigenvalue weighted by atomic mass is 16.3. The fourth-order valence-corrected chi connectivity index (χ4v) is 3.35. The molecule has 3 unspecified atom stereocenters. The van der Waals surface area contributed by atoms with Crippen LogP contribution in [0.25, 0.3) is 10.9 Å². The first-order valence-electron chi connectivity index (χ1n) is 7.17. The number of pyridine rings is 1. The van der Waals surface area contributed by atoms with E-state index in [1.807, 2.05) is 12.3 Å². The molecule has 1 N–H and O–H groups in total. The standard InChI is InChI=1S/C17H21NO/c1-12-5-6-13(2)17(19,11-12)15-8-7-14-4-3-9-18-16(14)10-15/h3-4,7-10,12-13,19H,5-6,11H2,1-2H3. The molecule has 1 aromatic carbocycles. The van der Waals surface area contributed by atoms with E-state index in [-0.39, 0.29) is 0 Å². The minimum absolute atomic E-state index is 0.310. The van der Waals surface area contributed by atoms with E-state index < -0.39 is 5.60 Å². The van der Waals surface area contributed by atoms with Crippen molar-refractivity contribution >= 4 is 10.9 Å². The van der Waals surface area contributed by atoms with Crippen molar-refractivity contribution in [3.05, 3.63) is 42.1 Å². The van der Waals surface area contributed by atoms with Gasteiger partial charge in [0.2, 0.25) is 0 Å². The van der Waals surface area contributed by atoms with E-state index in [0.717, 1.165) is 29.3 Å². The van der Waals surface area contributed by atoms with Crippen molar-refractivity contribution in [2.45, 2.75) is 38.7 Å². The maximum absolute atomic E-state index is 11.1. The van der Waals surface area contributed by atoms with Gasteiger partial charge in [-0.25, -0.2) is 0 Å². The third-order valence-corrected chi connectivity index (χ3v) is 4.67. The van der Waals surface area contributed by atoms with Gasteiger partial charge in [0.25, 0.3) is 0 Å². The quantitative estimate of drug-likeness (QED) is 0.839. The summed E-state index contributed by atoms with van der Waals surface area (Å²) in [6.07, 6.45) is 4.98. The normalized spacial score (nSPS) is 31.5. The summed E-state index contributed by atoms with van der Waals surface area (Å²) in [6, 6.07) is 10.2. The van der Waals surface area contributed by atoms with Crippen molar-refractivity contribution in [2.24, 2.45) is 11.8 Å². The predicted octanol–water partition coefficient (Wildman–Crippen LogP) is 3.88. The topological polar surface area (TPSA) is 33.1 Å². The fraction of sp³-hybridized carbons (Fsp3) is 0.471. The molecule has 0 spiro atoms. The molecule has 0 amide bonds. The van der Waals surface area contributed by atoms with E-state index in [0.29, 0.717) is 11.8 Å². The SMILES string of the molecule is CC1CCC(C)C(O)(c2ccc3cccnc3c2)C1. The Hall–Kier alpha value is -1.41. The molecule has 2 nitrogen and oxygen atoms in total. The highest BCUT2D eigenvalue weighted by Gasteiger charge is 2.40. The number of aromatic nitrogens is 1. The zero-order valence-electron chi connectivity index (χ0n) is 11.6. The molecule has 2 aromatic rings. The Morgan fingerprint density at radius 1 is 1.21 bits per heavy atom. The molecule has 0 aliphatic heterocycles. The van der Waals surface area contributed by atoms with Crippen LogP contribution in [0, 0.1) is 11.8 Å². The molecule has 0 saturated heterocycles. The number of aliphatic hydroxyl groups is 1. The third kappa shape index (κ3) is 2.14. The summed E-state index contributed by atoms with van der Waals surface area (Å²) in [6.45, 7) is 4.39. The van der Waals surface area contributed by atoms with Crippen molar-refractivity contribution in [3.63, 3.8) is 0 Å². The van der Waals surface area contributed by atoms with E-state index in [4.69, 9.17) is 0 Å². The summed E-state index contributed by atoms with van der Waals surface area (Å²) >= 11 is 0. The summed E-state index contributed by atoms with van der Waals surface area (Å²) < 4.78 is 0. The summed E-state index contributed by atoms with van der Waals surface area (Å²) in [5.74, 6) is 0.894. The first-order valence-corrected chi connectivity index (χ1v) is 7.17. The predicted molar refractivity (Wildman–Crippen MR) is 77.8 cm³/mol. The van der Waals surface area contributed by atoms with Gasteiger partial charge in [-0.2, -0.15) is 0 Å². The highest BCUT2D eigenvalue weighted by molar-refractivity contribution is 5.79. The van der Waals surface area contributed by atoms with E-state index >= 15 is 0 Å². The van der Waals surface area contributed by atoms with E-state index in [1.165, 1.54) is 6.42 Å². The Kier molecular flexibility index (Phi) is 3.06. The number of rotatable bonds is 1. The molecular weight excluding hydrogens is 234 g/mol. The fourth-order valence-electron chi connectivity index (χ4n) is 3.35. The molecule has 2 heteroatoms. The number of hydrogen-bond acceptors (Lipinski definition) is 2. The van der Waals surface area contributed by atoms with Crippen LogP contribution in [-0.2, 0) is 5.60 Å². The summed E-state index contributed by atoms with van der Waals surface area (Å²) in [5, 5.41) is 12.2. The second-order valence-electron chi connectivity index (χ2n) is 6.12. The number of fused-ring (bicyclic) bond motifs is 1. The van der Waals surface area contributed by atoms with Crippen LogP contribution in [0.1, 0.15) is 38.7 Å². The van der Waals surface area contributed by atoms with Crippen LogP contribution in [0.5, 0.6) is 0 Å². The molecule has 100 valence electrons. The second-order valence-corrected chi connectivity index (χ2v) is 6.12. The lowest BCUT2D eigenvalue weighted by atomic mass is 9.69. The minimum Gasteiger partial charge on any atom is -0.385 e. The highest BCUT2D eigenvalue weighted by Crippen LogP contribution is 2.44. The van der Waals surface area contributed by atoms with Gasteiger partial charge in [0.1, 0.15) is 0 Å². The van der Waals surface area contributed by atoms with Gasteiger partial charge < -0.3 is 5.11 Å². The number of nitrogens with zero attached hydrogens (tertiary/aromatic N) is 1. The lowest BCUT2D eigenvalue weighted by molar-refractivity contribution is -0.0626. The van der Waals surface area contributed by atoms with Gasteiger partial charge in [-0.3, -0.25) is 4.98 Å². The third-order valence-electron chi connectivity index (χ3n) is 4.67. The van der Waals surface area contributed by atoms with Gasteiger partial charge in [-0.05, 0) is 42.4 Å². The Labute approximate surface area is 114 Å².